The average Bonchev–Trinajstić information content (AvgIpc) is 2.79. The molecule has 0 saturated heterocycles. The highest BCUT2D eigenvalue weighted by Gasteiger charge is 2.44. The number of nitriles is 1. The maximum Gasteiger partial charge on any atom is 0.319 e. The number of carbonyl (C=O) groups is 3. The van der Waals surface area contributed by atoms with Gasteiger partial charge in [0, 0.05) is 19.0 Å². The molecule has 8 nitrogen and oxygen atoms in total. The van der Waals surface area contributed by atoms with Gasteiger partial charge < -0.3 is 19.7 Å². The minimum absolute atomic E-state index is 0.0167. The van der Waals surface area contributed by atoms with Crippen molar-refractivity contribution in [3.63, 3.8) is 0 Å². The fourth-order valence-corrected chi connectivity index (χ4v) is 5.09. The zero-order valence-electron chi connectivity index (χ0n) is 18.7. The zero-order valence-corrected chi connectivity index (χ0v) is 21.1. The fraction of sp³-hybridized carbons (Fsp3) is 0.455. The van der Waals surface area contributed by atoms with Crippen molar-refractivity contribution in [2.24, 2.45) is 5.92 Å². The molecule has 0 aromatic heterocycles. The second-order valence-corrected chi connectivity index (χ2v) is 8.72. The molecular weight excluding hydrogens is 489 g/mol. The van der Waals surface area contributed by atoms with Crippen LogP contribution >= 0.6 is 35.0 Å². The lowest BCUT2D eigenvalue weighted by atomic mass is 9.78. The Morgan fingerprint density at radius 2 is 1.82 bits per heavy atom. The van der Waals surface area contributed by atoms with E-state index in [1.807, 2.05) is 13.8 Å². The number of esters is 1. The van der Waals surface area contributed by atoms with E-state index in [0.717, 1.165) is 18.9 Å². The van der Waals surface area contributed by atoms with Crippen LogP contribution in [0.3, 0.4) is 0 Å². The van der Waals surface area contributed by atoms with Gasteiger partial charge in [-0.25, -0.2) is 0 Å². The Morgan fingerprint density at radius 1 is 1.21 bits per heavy atom. The second kappa shape index (κ2) is 12.2. The van der Waals surface area contributed by atoms with Crippen molar-refractivity contribution in [1.82, 2.24) is 10.2 Å². The third-order valence-corrected chi connectivity index (χ3v) is 6.67. The first-order valence-corrected chi connectivity index (χ1v) is 12.0. The molecule has 11 heteroatoms. The number of thioether (sulfide) groups is 1. The highest BCUT2D eigenvalue weighted by atomic mass is 35.5. The summed E-state index contributed by atoms with van der Waals surface area (Å²) < 4.78 is 10.3. The molecule has 0 fully saturated rings. The first kappa shape index (κ1) is 26.8. The van der Waals surface area contributed by atoms with E-state index in [4.69, 9.17) is 32.7 Å². The standard InChI is InChI=1S/C22H25Cl2N3O5S/c1-5-27(6-2)16(28)11-33-21-13(10-25)17(18(20(29)26-21)22(30)31-4)12-8-14(23)19(32-7-3)15(24)9-12/h8-9,17-18H,5-7,11H2,1-4H3,(H,26,29)/t17-,18-/m1/s1. The number of hydrogen-bond donors (Lipinski definition) is 1. The SMILES string of the molecule is CCOc1c(Cl)cc([C@@H]2C(C#N)=C(SCC(=O)N(CC)CC)NC(=O)[C@@H]2C(=O)OC)cc1Cl. The van der Waals surface area contributed by atoms with Crippen LogP contribution in [-0.4, -0.2) is 55.2 Å². The van der Waals surface area contributed by atoms with Gasteiger partial charge in [-0.1, -0.05) is 35.0 Å². The summed E-state index contributed by atoms with van der Waals surface area (Å²) >= 11 is 13.7. The molecule has 33 heavy (non-hydrogen) atoms. The molecule has 2 atom stereocenters. The largest absolute Gasteiger partial charge is 0.491 e. The summed E-state index contributed by atoms with van der Waals surface area (Å²) in [5, 5.41) is 13.1. The van der Waals surface area contributed by atoms with Gasteiger partial charge in [0.05, 0.1) is 46.2 Å². The highest BCUT2D eigenvalue weighted by molar-refractivity contribution is 8.03. The average molecular weight is 514 g/mol. The molecule has 0 spiro atoms. The zero-order chi connectivity index (χ0) is 24.7. The Labute approximate surface area is 207 Å². The van der Waals surface area contributed by atoms with Crippen molar-refractivity contribution in [3.05, 3.63) is 38.3 Å². The van der Waals surface area contributed by atoms with E-state index in [0.29, 0.717) is 25.3 Å². The topological polar surface area (TPSA) is 109 Å². The number of nitrogens with one attached hydrogen (secondary N) is 1. The van der Waals surface area contributed by atoms with Crippen LogP contribution in [-0.2, 0) is 19.1 Å². The summed E-state index contributed by atoms with van der Waals surface area (Å²) in [4.78, 5) is 39.5. The van der Waals surface area contributed by atoms with Gasteiger partial charge in [0.15, 0.2) is 5.75 Å². The second-order valence-electron chi connectivity index (χ2n) is 6.92. The Bertz CT molecular complexity index is 981. The van der Waals surface area contributed by atoms with Crippen LogP contribution in [0.2, 0.25) is 10.0 Å². The quantitative estimate of drug-likeness (QED) is 0.395. The fourth-order valence-electron chi connectivity index (χ4n) is 3.52. The number of amides is 2. The van der Waals surface area contributed by atoms with Crippen LogP contribution < -0.4 is 10.1 Å². The predicted molar refractivity (Wildman–Crippen MR) is 127 cm³/mol. The molecule has 2 amide bonds. The predicted octanol–water partition coefficient (Wildman–Crippen LogP) is 3.73. The molecule has 1 aromatic rings. The lowest BCUT2D eigenvalue weighted by molar-refractivity contribution is -0.150. The molecule has 0 bridgehead atoms. The van der Waals surface area contributed by atoms with Gasteiger partial charge in [-0.2, -0.15) is 5.26 Å². The van der Waals surface area contributed by atoms with E-state index in [1.165, 1.54) is 12.1 Å². The third kappa shape index (κ3) is 5.94. The molecule has 1 heterocycles. The maximum atomic E-state index is 12.9. The monoisotopic (exact) mass is 513 g/mol. The molecule has 178 valence electrons. The minimum Gasteiger partial charge on any atom is -0.491 e. The highest BCUT2D eigenvalue weighted by Crippen LogP contribution is 2.44. The summed E-state index contributed by atoms with van der Waals surface area (Å²) in [6.45, 7) is 6.93. The van der Waals surface area contributed by atoms with Gasteiger partial charge in [-0.05, 0) is 38.5 Å². The Hall–Kier alpha value is -2.41. The number of nitrogens with zero attached hydrogens (tertiary/aromatic N) is 2. The van der Waals surface area contributed by atoms with E-state index >= 15 is 0 Å². The van der Waals surface area contributed by atoms with Crippen LogP contribution in [0, 0.1) is 17.2 Å². The third-order valence-electron chi connectivity index (χ3n) is 5.11. The lowest BCUT2D eigenvalue weighted by Gasteiger charge is -2.31. The summed E-state index contributed by atoms with van der Waals surface area (Å²) in [5.41, 5.74) is 0.488. The lowest BCUT2D eigenvalue weighted by Crippen LogP contribution is -2.44. The number of halogens is 2. The first-order chi connectivity index (χ1) is 15.7. The Morgan fingerprint density at radius 3 is 2.30 bits per heavy atom. The van der Waals surface area contributed by atoms with Gasteiger partial charge in [-0.3, -0.25) is 14.4 Å². The minimum atomic E-state index is -1.34. The van der Waals surface area contributed by atoms with Gasteiger partial charge in [0.1, 0.15) is 5.92 Å². The van der Waals surface area contributed by atoms with Crippen molar-refractivity contribution in [3.8, 4) is 11.8 Å². The molecule has 2 rings (SSSR count). The van der Waals surface area contributed by atoms with Crippen LogP contribution in [0.1, 0.15) is 32.3 Å². The van der Waals surface area contributed by atoms with Crippen LogP contribution in [0.15, 0.2) is 22.7 Å². The van der Waals surface area contributed by atoms with Crippen LogP contribution in [0.4, 0.5) is 0 Å². The van der Waals surface area contributed by atoms with Crippen molar-refractivity contribution in [1.29, 1.82) is 5.26 Å². The molecule has 0 unspecified atom stereocenters. The van der Waals surface area contributed by atoms with Gasteiger partial charge >= 0.3 is 5.97 Å². The Kier molecular flexibility index (Phi) is 9.89. The maximum absolute atomic E-state index is 12.9. The summed E-state index contributed by atoms with van der Waals surface area (Å²) in [5.74, 6) is -3.66. The smallest absolute Gasteiger partial charge is 0.319 e. The summed E-state index contributed by atoms with van der Waals surface area (Å²) in [6, 6.07) is 5.11. The number of hydrogen-bond acceptors (Lipinski definition) is 7. The summed E-state index contributed by atoms with van der Waals surface area (Å²) in [6.07, 6.45) is 0. The van der Waals surface area contributed by atoms with Gasteiger partial charge in [-0.15, -0.1) is 0 Å². The number of ether oxygens (including phenoxy) is 2. The molecule has 1 aromatic carbocycles. The van der Waals surface area contributed by atoms with Crippen molar-refractivity contribution in [2.45, 2.75) is 26.7 Å². The normalized spacial score (nSPS) is 17.8. The van der Waals surface area contributed by atoms with Gasteiger partial charge in [0.25, 0.3) is 0 Å². The number of benzene rings is 1. The molecule has 0 radical (unpaired) electrons. The number of allylic oxidation sites excluding steroid dienone is 1. The number of methoxy groups -OCH3 is 1. The summed E-state index contributed by atoms with van der Waals surface area (Å²) in [7, 11) is 1.16. The molecule has 0 aliphatic carbocycles. The molecule has 0 saturated carbocycles. The molecule has 1 aliphatic rings. The number of rotatable bonds is 9. The number of carbonyl (C=O) groups excluding carboxylic acids is 3. The van der Waals surface area contributed by atoms with E-state index in [-0.39, 0.29) is 38.1 Å². The van der Waals surface area contributed by atoms with E-state index in [1.54, 1.807) is 11.8 Å². The van der Waals surface area contributed by atoms with Crippen LogP contribution in [0.5, 0.6) is 5.75 Å². The Balaban J connectivity index is 2.57. The van der Waals surface area contributed by atoms with E-state index in [9.17, 15) is 19.6 Å². The molecule has 1 N–H and O–H groups in total. The molecular formula is C22H25Cl2N3O5S. The van der Waals surface area contributed by atoms with Crippen LogP contribution in [0.25, 0.3) is 0 Å². The van der Waals surface area contributed by atoms with E-state index in [2.05, 4.69) is 11.4 Å². The van der Waals surface area contributed by atoms with Gasteiger partial charge in [0.2, 0.25) is 11.8 Å². The van der Waals surface area contributed by atoms with Crippen molar-refractivity contribution in [2.75, 3.05) is 32.6 Å². The molecule has 1 aliphatic heterocycles. The van der Waals surface area contributed by atoms with Crippen molar-refractivity contribution < 1.29 is 23.9 Å². The van der Waals surface area contributed by atoms with Crippen molar-refractivity contribution >= 4 is 52.7 Å². The van der Waals surface area contributed by atoms with E-state index < -0.39 is 23.7 Å². The first-order valence-electron chi connectivity index (χ1n) is 10.3.